The van der Waals surface area contributed by atoms with E-state index in [1.807, 2.05) is 5.38 Å². The molecule has 1 rings (SSSR count). The van der Waals surface area contributed by atoms with Crippen LogP contribution >= 0.6 is 11.3 Å². The molecule has 0 saturated heterocycles. The van der Waals surface area contributed by atoms with Gasteiger partial charge in [0.1, 0.15) is 0 Å². The molecular weight excluding hydrogens is 284 g/mol. The van der Waals surface area contributed by atoms with Crippen molar-refractivity contribution in [1.82, 2.24) is 9.88 Å². The quantitative estimate of drug-likeness (QED) is 0.758. The number of carbonyl (C=O) groups is 1. The number of thiazole rings is 1. The van der Waals surface area contributed by atoms with Gasteiger partial charge < -0.3 is 10.0 Å². The number of hydrogen-bond acceptors (Lipinski definition) is 4. The van der Waals surface area contributed by atoms with Gasteiger partial charge in [-0.3, -0.25) is 4.79 Å². The average molecular weight is 312 g/mol. The third kappa shape index (κ3) is 7.05. The van der Waals surface area contributed by atoms with Gasteiger partial charge in [-0.2, -0.15) is 0 Å². The van der Waals surface area contributed by atoms with Crippen LogP contribution in [0, 0.1) is 11.8 Å². The van der Waals surface area contributed by atoms with Crippen molar-refractivity contribution < 1.29 is 9.90 Å². The number of hydrogen-bond donors (Lipinski definition) is 1. The lowest BCUT2D eigenvalue weighted by molar-refractivity contribution is -0.136. The number of carboxylic acids is 1. The topological polar surface area (TPSA) is 53.4 Å². The maximum absolute atomic E-state index is 10.7. The Morgan fingerprint density at radius 1 is 1.19 bits per heavy atom. The lowest BCUT2D eigenvalue weighted by Crippen LogP contribution is -2.34. The molecule has 0 radical (unpaired) electrons. The molecular formula is C16H28N2O2S. The summed E-state index contributed by atoms with van der Waals surface area (Å²) in [7, 11) is 0. The van der Waals surface area contributed by atoms with Gasteiger partial charge in [0.15, 0.2) is 0 Å². The van der Waals surface area contributed by atoms with Gasteiger partial charge in [-0.05, 0) is 11.8 Å². The summed E-state index contributed by atoms with van der Waals surface area (Å²) in [4.78, 5) is 17.7. The standard InChI is InChI=1S/C16H28N2O2S/c1-11(2)7-18(8-12(3)4)9-13(5)16-17-14(10-21-16)6-15(19)20/h10-13H,6-9H2,1-5H3,(H,19,20). The lowest BCUT2D eigenvalue weighted by atomic mass is 10.1. The lowest BCUT2D eigenvalue weighted by Gasteiger charge is -2.28. The molecule has 0 aliphatic carbocycles. The van der Waals surface area contributed by atoms with Crippen molar-refractivity contribution in [3.05, 3.63) is 16.1 Å². The first kappa shape index (κ1) is 18.1. The van der Waals surface area contributed by atoms with E-state index in [1.54, 1.807) is 11.3 Å². The summed E-state index contributed by atoms with van der Waals surface area (Å²) in [6.07, 6.45) is 0.0188. The highest BCUT2D eigenvalue weighted by Crippen LogP contribution is 2.22. The van der Waals surface area contributed by atoms with E-state index in [4.69, 9.17) is 5.11 Å². The fraction of sp³-hybridized carbons (Fsp3) is 0.750. The molecule has 0 saturated carbocycles. The van der Waals surface area contributed by atoms with Gasteiger partial charge in [-0.15, -0.1) is 11.3 Å². The van der Waals surface area contributed by atoms with Gasteiger partial charge in [0.2, 0.25) is 0 Å². The molecule has 0 aliphatic heterocycles. The Labute approximate surface area is 132 Å². The molecule has 21 heavy (non-hydrogen) atoms. The summed E-state index contributed by atoms with van der Waals surface area (Å²) in [6.45, 7) is 14.3. The number of rotatable bonds is 9. The second-order valence-electron chi connectivity index (χ2n) is 6.65. The minimum Gasteiger partial charge on any atom is -0.481 e. The van der Waals surface area contributed by atoms with Crippen molar-refractivity contribution in [1.29, 1.82) is 0 Å². The molecule has 0 spiro atoms. The number of carboxylic acid groups (broad SMARTS) is 1. The van der Waals surface area contributed by atoms with Gasteiger partial charge in [0.05, 0.1) is 17.1 Å². The second-order valence-corrected chi connectivity index (χ2v) is 7.54. The van der Waals surface area contributed by atoms with Crippen LogP contribution in [0.3, 0.4) is 0 Å². The molecule has 1 N–H and O–H groups in total. The molecule has 0 amide bonds. The van der Waals surface area contributed by atoms with E-state index in [0.29, 0.717) is 23.4 Å². The molecule has 0 fully saturated rings. The van der Waals surface area contributed by atoms with Gasteiger partial charge >= 0.3 is 5.97 Å². The van der Waals surface area contributed by atoms with Gasteiger partial charge in [-0.1, -0.05) is 34.6 Å². The molecule has 120 valence electrons. The van der Waals surface area contributed by atoms with Crippen LogP contribution in [0.15, 0.2) is 5.38 Å². The van der Waals surface area contributed by atoms with E-state index >= 15 is 0 Å². The molecule has 1 heterocycles. The third-order valence-corrected chi connectivity index (χ3v) is 4.23. The summed E-state index contributed by atoms with van der Waals surface area (Å²) >= 11 is 1.58. The molecule has 1 aromatic heterocycles. The average Bonchev–Trinajstić information content (AvgIpc) is 2.74. The monoisotopic (exact) mass is 312 g/mol. The van der Waals surface area contributed by atoms with Gasteiger partial charge in [-0.25, -0.2) is 4.98 Å². The Bertz CT molecular complexity index is 433. The third-order valence-electron chi connectivity index (χ3n) is 3.10. The van der Waals surface area contributed by atoms with Crippen molar-refractivity contribution in [3.63, 3.8) is 0 Å². The van der Waals surface area contributed by atoms with Crippen LogP contribution in [-0.4, -0.2) is 40.6 Å². The zero-order valence-electron chi connectivity index (χ0n) is 13.8. The highest BCUT2D eigenvalue weighted by Gasteiger charge is 2.17. The molecule has 1 unspecified atom stereocenters. The van der Waals surface area contributed by atoms with Crippen molar-refractivity contribution >= 4 is 17.3 Å². The van der Waals surface area contributed by atoms with E-state index in [0.717, 1.165) is 24.6 Å². The second kappa shape index (κ2) is 8.49. The van der Waals surface area contributed by atoms with E-state index in [-0.39, 0.29) is 6.42 Å². The maximum atomic E-state index is 10.7. The summed E-state index contributed by atoms with van der Waals surface area (Å²) in [5.74, 6) is 0.820. The zero-order valence-corrected chi connectivity index (χ0v) is 14.6. The predicted octanol–water partition coefficient (Wildman–Crippen LogP) is 3.49. The van der Waals surface area contributed by atoms with Crippen LogP contribution in [-0.2, 0) is 11.2 Å². The van der Waals surface area contributed by atoms with Crippen LogP contribution in [0.2, 0.25) is 0 Å². The van der Waals surface area contributed by atoms with Crippen LogP contribution in [0.4, 0.5) is 0 Å². The molecule has 1 aromatic rings. The Morgan fingerprint density at radius 3 is 2.24 bits per heavy atom. The summed E-state index contributed by atoms with van der Waals surface area (Å²) in [6, 6.07) is 0. The fourth-order valence-electron chi connectivity index (χ4n) is 2.51. The van der Waals surface area contributed by atoms with E-state index < -0.39 is 5.97 Å². The minimum absolute atomic E-state index is 0.0188. The smallest absolute Gasteiger partial charge is 0.309 e. The Morgan fingerprint density at radius 2 is 1.76 bits per heavy atom. The van der Waals surface area contributed by atoms with Crippen LogP contribution in [0.5, 0.6) is 0 Å². The van der Waals surface area contributed by atoms with E-state index in [9.17, 15) is 4.79 Å². The Balaban J connectivity index is 2.64. The summed E-state index contributed by atoms with van der Waals surface area (Å²) in [5, 5.41) is 11.7. The van der Waals surface area contributed by atoms with Crippen molar-refractivity contribution in [2.24, 2.45) is 11.8 Å². The first-order valence-corrected chi connectivity index (χ1v) is 8.54. The van der Waals surface area contributed by atoms with Crippen LogP contribution in [0.25, 0.3) is 0 Å². The van der Waals surface area contributed by atoms with Crippen molar-refractivity contribution in [2.45, 2.75) is 47.0 Å². The largest absolute Gasteiger partial charge is 0.481 e. The van der Waals surface area contributed by atoms with Crippen molar-refractivity contribution in [2.75, 3.05) is 19.6 Å². The molecule has 0 bridgehead atoms. The normalized spacial score (nSPS) is 13.3. The molecule has 1 atom stereocenters. The first-order chi connectivity index (χ1) is 9.77. The van der Waals surface area contributed by atoms with Crippen LogP contribution in [0.1, 0.15) is 51.2 Å². The van der Waals surface area contributed by atoms with Crippen LogP contribution < -0.4 is 0 Å². The number of nitrogens with zero attached hydrogens (tertiary/aromatic N) is 2. The molecule has 0 aliphatic rings. The predicted molar refractivity (Wildman–Crippen MR) is 88.0 cm³/mol. The summed E-state index contributed by atoms with van der Waals surface area (Å²) in [5.41, 5.74) is 0.675. The van der Waals surface area contributed by atoms with Crippen molar-refractivity contribution in [3.8, 4) is 0 Å². The molecule has 4 nitrogen and oxygen atoms in total. The molecule has 0 aromatic carbocycles. The zero-order chi connectivity index (χ0) is 16.0. The minimum atomic E-state index is -0.819. The van der Waals surface area contributed by atoms with E-state index in [2.05, 4.69) is 44.5 Å². The number of aromatic nitrogens is 1. The van der Waals surface area contributed by atoms with Gasteiger partial charge in [0.25, 0.3) is 0 Å². The maximum Gasteiger partial charge on any atom is 0.309 e. The summed E-state index contributed by atoms with van der Waals surface area (Å²) < 4.78 is 0. The first-order valence-electron chi connectivity index (χ1n) is 7.66. The molecule has 5 heteroatoms. The highest BCUT2D eigenvalue weighted by atomic mass is 32.1. The highest BCUT2D eigenvalue weighted by molar-refractivity contribution is 7.09. The van der Waals surface area contributed by atoms with Gasteiger partial charge in [0, 0.05) is 30.9 Å². The SMILES string of the molecule is CC(C)CN(CC(C)C)CC(C)c1nc(CC(=O)O)cs1. The van der Waals surface area contributed by atoms with E-state index in [1.165, 1.54) is 0 Å². The Hall–Kier alpha value is -0.940. The Kier molecular flexibility index (Phi) is 7.32. The number of aliphatic carboxylic acids is 1. The fourth-order valence-corrected chi connectivity index (χ4v) is 3.38.